The van der Waals surface area contributed by atoms with Crippen molar-refractivity contribution in [3.63, 3.8) is 0 Å². The molecule has 0 radical (unpaired) electrons. The number of carboxylic acid groups (broad SMARTS) is 1. The summed E-state index contributed by atoms with van der Waals surface area (Å²) in [6.07, 6.45) is 1.39. The number of halogens is 1. The van der Waals surface area contributed by atoms with Crippen LogP contribution in [0.2, 0.25) is 0 Å². The molecule has 150 valence electrons. The van der Waals surface area contributed by atoms with Crippen LogP contribution < -0.4 is 5.01 Å². The average Bonchev–Trinajstić information content (AvgIpc) is 2.99. The monoisotopic (exact) mass is 396 g/mol. The zero-order valence-electron chi connectivity index (χ0n) is 16.1. The first-order valence-electron chi connectivity index (χ1n) is 9.05. The molecular weight excluding hydrogens is 375 g/mol. The Bertz CT molecular complexity index is 965. The van der Waals surface area contributed by atoms with Gasteiger partial charge < -0.3 is 9.84 Å². The van der Waals surface area contributed by atoms with Gasteiger partial charge in [-0.2, -0.15) is 5.10 Å². The quantitative estimate of drug-likeness (QED) is 0.725. The molecule has 1 aliphatic rings. The number of benzene rings is 2. The minimum Gasteiger partial charge on any atom is -0.478 e. The van der Waals surface area contributed by atoms with Crippen LogP contribution >= 0.6 is 0 Å². The number of nitrogens with zero attached hydrogens (tertiary/aromatic N) is 2. The predicted octanol–water partition coefficient (Wildman–Crippen LogP) is 3.66. The van der Waals surface area contributed by atoms with Crippen molar-refractivity contribution >= 4 is 29.4 Å². The summed E-state index contributed by atoms with van der Waals surface area (Å²) in [5, 5.41) is 15.3. The van der Waals surface area contributed by atoms with E-state index in [9.17, 15) is 19.1 Å². The molecule has 1 atom stereocenters. The van der Waals surface area contributed by atoms with Gasteiger partial charge in [0.15, 0.2) is 0 Å². The number of rotatable bonds is 7. The summed E-state index contributed by atoms with van der Waals surface area (Å²) in [7, 11) is 1.49. The summed E-state index contributed by atoms with van der Waals surface area (Å²) in [6.45, 7) is 2.06. The molecule has 0 aliphatic carbocycles. The van der Waals surface area contributed by atoms with Crippen molar-refractivity contribution in [2.24, 2.45) is 11.0 Å². The number of anilines is 1. The zero-order chi connectivity index (χ0) is 21.0. The van der Waals surface area contributed by atoms with E-state index in [0.717, 1.165) is 5.56 Å². The van der Waals surface area contributed by atoms with Crippen molar-refractivity contribution in [1.29, 1.82) is 0 Å². The van der Waals surface area contributed by atoms with E-state index in [1.807, 2.05) is 19.1 Å². The van der Waals surface area contributed by atoms with E-state index in [1.54, 1.807) is 12.1 Å². The Morgan fingerprint density at radius 1 is 1.21 bits per heavy atom. The van der Waals surface area contributed by atoms with Gasteiger partial charge >= 0.3 is 5.97 Å². The molecule has 2 aromatic carbocycles. The van der Waals surface area contributed by atoms with Gasteiger partial charge in [-0.1, -0.05) is 29.8 Å². The third kappa shape index (κ3) is 4.75. The Morgan fingerprint density at radius 3 is 2.45 bits per heavy atom. The van der Waals surface area contributed by atoms with Gasteiger partial charge in [-0.15, -0.1) is 0 Å². The minimum absolute atomic E-state index is 0.0320. The second kappa shape index (κ2) is 8.79. The third-order valence-corrected chi connectivity index (χ3v) is 4.62. The number of aliphatic carboxylic acids is 1. The number of methoxy groups -OCH3 is 1. The molecule has 1 N–H and O–H groups in total. The van der Waals surface area contributed by atoms with Crippen LogP contribution in [0.25, 0.3) is 6.08 Å². The first kappa shape index (κ1) is 20.4. The lowest BCUT2D eigenvalue weighted by molar-refractivity contribution is -0.132. The van der Waals surface area contributed by atoms with Crippen LogP contribution in [0.15, 0.2) is 59.2 Å². The van der Waals surface area contributed by atoms with Crippen LogP contribution in [0.4, 0.5) is 10.1 Å². The molecule has 0 saturated carbocycles. The molecule has 0 bridgehead atoms. The van der Waals surface area contributed by atoms with E-state index in [0.29, 0.717) is 17.0 Å². The molecule has 1 heterocycles. The highest BCUT2D eigenvalue weighted by molar-refractivity contribution is 6.16. The summed E-state index contributed by atoms with van der Waals surface area (Å²) in [4.78, 5) is 24.8. The van der Waals surface area contributed by atoms with Gasteiger partial charge in [0.05, 0.1) is 23.9 Å². The molecule has 6 nitrogen and oxygen atoms in total. The maximum absolute atomic E-state index is 13.1. The van der Waals surface area contributed by atoms with Crippen LogP contribution in [0.3, 0.4) is 0 Å². The maximum atomic E-state index is 13.1. The lowest BCUT2D eigenvalue weighted by Gasteiger charge is -2.15. The number of hydrazone groups is 1. The topological polar surface area (TPSA) is 79.2 Å². The van der Waals surface area contributed by atoms with E-state index in [2.05, 4.69) is 5.10 Å². The first-order valence-corrected chi connectivity index (χ1v) is 9.05. The van der Waals surface area contributed by atoms with Gasteiger partial charge in [-0.25, -0.2) is 14.2 Å². The van der Waals surface area contributed by atoms with E-state index in [1.165, 1.54) is 42.5 Å². The van der Waals surface area contributed by atoms with Crippen molar-refractivity contribution in [1.82, 2.24) is 0 Å². The Kier molecular flexibility index (Phi) is 6.19. The number of carboxylic acids is 1. The number of carbonyl (C=O) groups is 2. The number of amides is 1. The van der Waals surface area contributed by atoms with Crippen LogP contribution in [0.5, 0.6) is 0 Å². The fourth-order valence-electron chi connectivity index (χ4n) is 3.08. The lowest BCUT2D eigenvalue weighted by Crippen LogP contribution is -2.29. The minimum atomic E-state index is -1.15. The lowest BCUT2D eigenvalue weighted by atomic mass is 9.93. The fourth-order valence-corrected chi connectivity index (χ4v) is 3.08. The fraction of sp³-hybridized carbons (Fsp3) is 0.227. The van der Waals surface area contributed by atoms with E-state index in [-0.39, 0.29) is 24.5 Å². The number of hydrogen-bond donors (Lipinski definition) is 1. The second-order valence-corrected chi connectivity index (χ2v) is 6.79. The van der Waals surface area contributed by atoms with Crippen molar-refractivity contribution in [2.75, 3.05) is 18.7 Å². The second-order valence-electron chi connectivity index (χ2n) is 6.79. The van der Waals surface area contributed by atoms with Crippen molar-refractivity contribution in [3.8, 4) is 0 Å². The molecule has 0 aromatic heterocycles. The summed E-state index contributed by atoms with van der Waals surface area (Å²) >= 11 is 0. The van der Waals surface area contributed by atoms with Gasteiger partial charge in [0.1, 0.15) is 5.82 Å². The molecule has 1 amide bonds. The van der Waals surface area contributed by atoms with Crippen molar-refractivity contribution < 1.29 is 23.8 Å². The molecule has 3 rings (SSSR count). The van der Waals surface area contributed by atoms with E-state index in [4.69, 9.17) is 4.74 Å². The molecule has 29 heavy (non-hydrogen) atoms. The van der Waals surface area contributed by atoms with Gasteiger partial charge in [0.25, 0.3) is 5.91 Å². The summed E-state index contributed by atoms with van der Waals surface area (Å²) in [6, 6.07) is 12.8. The van der Waals surface area contributed by atoms with Gasteiger partial charge in [-0.3, -0.25) is 4.79 Å². The third-order valence-electron chi connectivity index (χ3n) is 4.62. The smallest absolute Gasteiger partial charge is 0.331 e. The molecule has 2 aromatic rings. The zero-order valence-corrected chi connectivity index (χ0v) is 16.1. The summed E-state index contributed by atoms with van der Waals surface area (Å²) in [5.74, 6) is -2.62. The van der Waals surface area contributed by atoms with Crippen LogP contribution in [-0.2, 0) is 14.3 Å². The highest BCUT2D eigenvalue weighted by atomic mass is 19.1. The molecule has 1 unspecified atom stereocenters. The van der Waals surface area contributed by atoms with Crippen molar-refractivity contribution in [3.05, 3.63) is 71.0 Å². The largest absolute Gasteiger partial charge is 0.478 e. The number of hydrogen-bond acceptors (Lipinski definition) is 4. The Morgan fingerprint density at radius 2 is 1.86 bits per heavy atom. The summed E-state index contributed by atoms with van der Waals surface area (Å²) in [5.41, 5.74) is 2.69. The standard InChI is InChI=1S/C22H21FN2O4/c1-14-3-9-18(10-4-14)25-21(26)19(20(24-25)13-29-2)12-16(22(27)28)11-15-5-7-17(23)8-6-15/h3-11,19H,12-13H2,1-2H3,(H,27,28)/b16-11-. The predicted molar refractivity (Wildman–Crippen MR) is 108 cm³/mol. The SMILES string of the molecule is COCC1=NN(c2ccc(C)cc2)C(=O)C1C/C(=C/c1ccc(F)cc1)C(=O)O. The summed E-state index contributed by atoms with van der Waals surface area (Å²) < 4.78 is 18.3. The molecule has 1 aliphatic heterocycles. The highest BCUT2D eigenvalue weighted by Gasteiger charge is 2.37. The number of aryl methyl sites for hydroxylation is 1. The maximum Gasteiger partial charge on any atom is 0.331 e. The number of carbonyl (C=O) groups excluding carboxylic acids is 1. The molecule has 0 fully saturated rings. The Hall–Kier alpha value is -3.32. The molecule has 0 spiro atoms. The average molecular weight is 396 g/mol. The van der Waals surface area contributed by atoms with Gasteiger partial charge in [0.2, 0.25) is 0 Å². The van der Waals surface area contributed by atoms with Gasteiger partial charge in [0, 0.05) is 12.7 Å². The van der Waals surface area contributed by atoms with Crippen LogP contribution in [0.1, 0.15) is 17.5 Å². The molecule has 0 saturated heterocycles. The van der Waals surface area contributed by atoms with E-state index >= 15 is 0 Å². The van der Waals surface area contributed by atoms with Crippen LogP contribution in [-0.4, -0.2) is 36.4 Å². The van der Waals surface area contributed by atoms with Crippen LogP contribution in [0, 0.1) is 18.7 Å². The van der Waals surface area contributed by atoms with Gasteiger partial charge in [-0.05, 0) is 49.2 Å². The number of ether oxygens (including phenoxy) is 1. The molecular formula is C22H21FN2O4. The Labute approximate surface area is 167 Å². The first-order chi connectivity index (χ1) is 13.9. The van der Waals surface area contributed by atoms with Crippen molar-refractivity contribution in [2.45, 2.75) is 13.3 Å². The highest BCUT2D eigenvalue weighted by Crippen LogP contribution is 2.29. The normalized spacial score (nSPS) is 16.9. The Balaban J connectivity index is 1.89. The molecule has 7 heteroatoms. The van der Waals surface area contributed by atoms with E-state index < -0.39 is 17.7 Å².